The lowest BCUT2D eigenvalue weighted by atomic mass is 9.97. The van der Waals surface area contributed by atoms with Crippen molar-refractivity contribution in [2.24, 2.45) is 5.92 Å². The van der Waals surface area contributed by atoms with Crippen LogP contribution in [0.5, 0.6) is 0 Å². The molecule has 0 bridgehead atoms. The summed E-state index contributed by atoms with van der Waals surface area (Å²) in [7, 11) is 1.46. The summed E-state index contributed by atoms with van der Waals surface area (Å²) in [5.74, 6) is -0.0201. The van der Waals surface area contributed by atoms with E-state index in [1.807, 2.05) is 0 Å². The maximum absolute atomic E-state index is 11.6. The van der Waals surface area contributed by atoms with Gasteiger partial charge in [-0.3, -0.25) is 9.69 Å². The van der Waals surface area contributed by atoms with Gasteiger partial charge in [-0.1, -0.05) is 17.7 Å². The molecule has 0 saturated carbocycles. The first-order chi connectivity index (χ1) is 11.6. The topological polar surface area (TPSA) is 54.5 Å². The van der Waals surface area contributed by atoms with E-state index >= 15 is 0 Å². The van der Waals surface area contributed by atoms with Crippen molar-refractivity contribution < 1.29 is 9.53 Å². The summed E-state index contributed by atoms with van der Waals surface area (Å²) in [4.78, 5) is 18.6. The minimum Gasteiger partial charge on any atom is -0.469 e. The normalized spacial score (nSPS) is 16.1. The lowest BCUT2D eigenvalue weighted by Crippen LogP contribution is -2.36. The Morgan fingerprint density at radius 2 is 2.04 bits per heavy atom. The van der Waals surface area contributed by atoms with Crippen LogP contribution in [0.2, 0.25) is 0 Å². The van der Waals surface area contributed by atoms with E-state index in [1.54, 1.807) is 11.3 Å². The Hall–Kier alpha value is -1.92. The van der Waals surface area contributed by atoms with Gasteiger partial charge in [-0.25, -0.2) is 4.98 Å². The van der Waals surface area contributed by atoms with Gasteiger partial charge in [0.25, 0.3) is 0 Å². The third-order valence-corrected chi connectivity index (χ3v) is 5.17. The number of nitrogens with zero attached hydrogens (tertiary/aromatic N) is 2. The van der Waals surface area contributed by atoms with Gasteiger partial charge in [0.05, 0.1) is 18.7 Å². The van der Waals surface area contributed by atoms with Crippen molar-refractivity contribution in [3.63, 3.8) is 0 Å². The number of carbonyl (C=O) groups excluding carboxylic acids is 1. The molecule has 3 rings (SSSR count). The van der Waals surface area contributed by atoms with Crippen molar-refractivity contribution in [3.05, 3.63) is 40.9 Å². The fourth-order valence-corrected chi connectivity index (χ4v) is 3.64. The second-order valence-corrected chi connectivity index (χ2v) is 7.07. The molecule has 0 unspecified atom stereocenters. The zero-order valence-corrected chi connectivity index (χ0v) is 14.9. The number of methoxy groups -OCH3 is 1. The van der Waals surface area contributed by atoms with Crippen LogP contribution in [0.1, 0.15) is 24.1 Å². The number of piperidine rings is 1. The first-order valence-electron chi connectivity index (χ1n) is 8.22. The van der Waals surface area contributed by atoms with Gasteiger partial charge in [-0.15, -0.1) is 11.3 Å². The van der Waals surface area contributed by atoms with Crippen molar-refractivity contribution in [2.45, 2.75) is 26.3 Å². The number of benzene rings is 1. The molecule has 6 heteroatoms. The number of carbonyl (C=O) groups is 1. The summed E-state index contributed by atoms with van der Waals surface area (Å²) < 4.78 is 4.83. The lowest BCUT2D eigenvalue weighted by molar-refractivity contribution is -0.147. The van der Waals surface area contributed by atoms with E-state index in [-0.39, 0.29) is 11.9 Å². The molecular formula is C18H23N3O2S. The number of ether oxygens (including phenoxy) is 1. The summed E-state index contributed by atoms with van der Waals surface area (Å²) in [5, 5.41) is 6.36. The quantitative estimate of drug-likeness (QED) is 0.840. The van der Waals surface area contributed by atoms with E-state index in [2.05, 4.69) is 51.8 Å². The third-order valence-electron chi connectivity index (χ3n) is 4.36. The second-order valence-electron chi connectivity index (χ2n) is 6.21. The third kappa shape index (κ3) is 4.33. The molecule has 1 fully saturated rings. The fourth-order valence-electron chi connectivity index (χ4n) is 2.92. The molecule has 1 N–H and O–H groups in total. The molecule has 0 amide bonds. The number of thiazole rings is 1. The van der Waals surface area contributed by atoms with Crippen LogP contribution < -0.4 is 5.32 Å². The Bertz CT molecular complexity index is 676. The molecule has 1 aliphatic rings. The SMILES string of the molecule is COC(=O)C1CCN(Cc2csc(Nc3ccc(C)cc3)n2)CC1. The van der Waals surface area contributed by atoms with E-state index < -0.39 is 0 Å². The Balaban J connectivity index is 1.51. The number of likely N-dealkylation sites (tertiary alicyclic amines) is 1. The highest BCUT2D eigenvalue weighted by Gasteiger charge is 2.25. The number of aromatic nitrogens is 1. The van der Waals surface area contributed by atoms with Crippen molar-refractivity contribution >= 4 is 28.1 Å². The molecule has 0 spiro atoms. The number of esters is 1. The van der Waals surface area contributed by atoms with Crippen LogP contribution in [-0.2, 0) is 16.1 Å². The number of aryl methyl sites for hydroxylation is 1. The molecule has 1 saturated heterocycles. The van der Waals surface area contributed by atoms with Gasteiger partial charge in [0.2, 0.25) is 0 Å². The number of hydrogen-bond acceptors (Lipinski definition) is 6. The van der Waals surface area contributed by atoms with Crippen LogP contribution >= 0.6 is 11.3 Å². The minimum atomic E-state index is -0.0760. The zero-order valence-electron chi connectivity index (χ0n) is 14.1. The first kappa shape index (κ1) is 16.9. The van der Waals surface area contributed by atoms with Gasteiger partial charge in [0, 0.05) is 17.6 Å². The number of hydrogen-bond donors (Lipinski definition) is 1. The van der Waals surface area contributed by atoms with Crippen LogP contribution in [0.25, 0.3) is 0 Å². The van der Waals surface area contributed by atoms with Crippen LogP contribution in [0.4, 0.5) is 10.8 Å². The van der Waals surface area contributed by atoms with Crippen LogP contribution in [0, 0.1) is 12.8 Å². The van der Waals surface area contributed by atoms with Gasteiger partial charge in [0.1, 0.15) is 0 Å². The maximum atomic E-state index is 11.6. The summed E-state index contributed by atoms with van der Waals surface area (Å²) in [5.41, 5.74) is 3.38. The molecule has 5 nitrogen and oxygen atoms in total. The van der Waals surface area contributed by atoms with Gasteiger partial charge in [0.15, 0.2) is 5.13 Å². The Morgan fingerprint density at radius 3 is 2.71 bits per heavy atom. The number of nitrogens with one attached hydrogen (secondary N) is 1. The lowest BCUT2D eigenvalue weighted by Gasteiger charge is -2.29. The monoisotopic (exact) mass is 345 g/mol. The summed E-state index contributed by atoms with van der Waals surface area (Å²) in [6, 6.07) is 8.30. The molecule has 1 aromatic carbocycles. The van der Waals surface area contributed by atoms with Crippen LogP contribution in [0.3, 0.4) is 0 Å². The van der Waals surface area contributed by atoms with E-state index in [0.29, 0.717) is 0 Å². The van der Waals surface area contributed by atoms with Crippen molar-refractivity contribution in [3.8, 4) is 0 Å². The number of rotatable bonds is 5. The van der Waals surface area contributed by atoms with Gasteiger partial charge >= 0.3 is 5.97 Å². The second kappa shape index (κ2) is 7.77. The van der Waals surface area contributed by atoms with E-state index in [1.165, 1.54) is 12.7 Å². The van der Waals surface area contributed by atoms with Crippen molar-refractivity contribution in [2.75, 3.05) is 25.5 Å². The fraction of sp³-hybridized carbons (Fsp3) is 0.444. The summed E-state index contributed by atoms with van der Waals surface area (Å²) >= 11 is 1.62. The van der Waals surface area contributed by atoms with Crippen LogP contribution in [-0.4, -0.2) is 36.1 Å². The Labute approximate surface area is 146 Å². The molecule has 24 heavy (non-hydrogen) atoms. The minimum absolute atomic E-state index is 0.0560. The Kier molecular flexibility index (Phi) is 5.48. The molecule has 128 valence electrons. The van der Waals surface area contributed by atoms with Crippen molar-refractivity contribution in [1.82, 2.24) is 9.88 Å². The molecule has 0 atom stereocenters. The number of anilines is 2. The van der Waals surface area contributed by atoms with Crippen LogP contribution in [0.15, 0.2) is 29.6 Å². The standard InChI is InChI=1S/C18H23N3O2S/c1-13-3-5-15(6-4-13)19-18-20-16(12-24-18)11-21-9-7-14(8-10-21)17(22)23-2/h3-6,12,14H,7-11H2,1-2H3,(H,19,20). The molecule has 2 aromatic rings. The average molecular weight is 345 g/mol. The molecule has 0 aliphatic carbocycles. The van der Waals surface area contributed by atoms with E-state index in [9.17, 15) is 4.79 Å². The molecule has 1 aliphatic heterocycles. The first-order valence-corrected chi connectivity index (χ1v) is 9.10. The largest absolute Gasteiger partial charge is 0.469 e. The van der Waals surface area contributed by atoms with Crippen molar-refractivity contribution in [1.29, 1.82) is 0 Å². The predicted octanol–water partition coefficient (Wildman–Crippen LogP) is 3.58. The van der Waals surface area contributed by atoms with E-state index in [0.717, 1.165) is 49.0 Å². The Morgan fingerprint density at radius 1 is 1.33 bits per heavy atom. The average Bonchev–Trinajstić information content (AvgIpc) is 3.04. The molecule has 1 aromatic heterocycles. The van der Waals surface area contributed by atoms with Gasteiger partial charge in [-0.05, 0) is 45.0 Å². The highest BCUT2D eigenvalue weighted by Crippen LogP contribution is 2.24. The maximum Gasteiger partial charge on any atom is 0.308 e. The highest BCUT2D eigenvalue weighted by atomic mass is 32.1. The molecular weight excluding hydrogens is 322 g/mol. The summed E-state index contributed by atoms with van der Waals surface area (Å²) in [6.45, 7) is 4.74. The molecule has 0 radical (unpaired) electrons. The summed E-state index contributed by atoms with van der Waals surface area (Å²) in [6.07, 6.45) is 1.73. The highest BCUT2D eigenvalue weighted by molar-refractivity contribution is 7.13. The predicted molar refractivity (Wildman–Crippen MR) is 96.6 cm³/mol. The van der Waals surface area contributed by atoms with E-state index in [4.69, 9.17) is 4.74 Å². The van der Waals surface area contributed by atoms with Gasteiger partial charge < -0.3 is 10.1 Å². The van der Waals surface area contributed by atoms with Gasteiger partial charge in [-0.2, -0.15) is 0 Å². The smallest absolute Gasteiger partial charge is 0.308 e. The molecule has 2 heterocycles. The zero-order chi connectivity index (χ0) is 16.9.